The summed E-state index contributed by atoms with van der Waals surface area (Å²) in [7, 11) is 0. The quantitative estimate of drug-likeness (QED) is 0.0451. The molecule has 0 bridgehead atoms. The topological polar surface area (TPSA) is 0 Å². The largest absolute Gasteiger partial charge is 0.324 e. The molecule has 0 aromatic heterocycles. The lowest BCUT2D eigenvalue weighted by molar-refractivity contribution is -0.929. The Morgan fingerprint density at radius 2 is 0.298 bits per heavy atom. The minimum atomic E-state index is 1.37. The van der Waals surface area contributed by atoms with Crippen molar-refractivity contribution < 1.29 is 4.48 Å². The summed E-state index contributed by atoms with van der Waals surface area (Å²) in [4.78, 5) is 0. The van der Waals surface area contributed by atoms with Gasteiger partial charge in [-0.2, -0.15) is 0 Å². The lowest BCUT2D eigenvalue weighted by Crippen LogP contribution is -2.50. The average molecular weight is 663 g/mol. The fourth-order valence-electron chi connectivity index (χ4n) is 8.06. The standard InChI is InChI=1S/C46H96N/c1-5-9-13-17-19-21-23-25-27-29-31-33-37-41-45-47(43-39-35-15-11-7-3,44-40-36-16-12-8-4)46-42-38-34-32-30-28-26-24-22-20-18-14-10-6-2/h5-46H2,1-4H3/q+1. The summed E-state index contributed by atoms with van der Waals surface area (Å²) in [6.07, 6.45) is 55.7. The Kier molecular flexibility index (Phi) is 40.4. The van der Waals surface area contributed by atoms with Crippen molar-refractivity contribution in [2.24, 2.45) is 0 Å². The number of unbranched alkanes of at least 4 members (excludes halogenated alkanes) is 34. The Balaban J connectivity index is 4.46. The summed E-state index contributed by atoms with van der Waals surface area (Å²) in [5, 5.41) is 0. The Hall–Kier alpha value is -0.0400. The van der Waals surface area contributed by atoms with E-state index in [0.717, 1.165) is 0 Å². The molecule has 0 N–H and O–H groups in total. The average Bonchev–Trinajstić information content (AvgIpc) is 3.08. The molecule has 284 valence electrons. The molecular weight excluding hydrogens is 567 g/mol. The number of hydrogen-bond acceptors (Lipinski definition) is 0. The molecule has 0 spiro atoms. The Bertz CT molecular complexity index is 493. The SMILES string of the molecule is CCCCCCCCCCCCCCCC[N+](CCCCCCC)(CCCCCCC)CCCCCCCCCCCCCCCC. The smallest absolute Gasteiger partial charge is 0.0786 e. The highest BCUT2D eigenvalue weighted by molar-refractivity contribution is 4.56. The van der Waals surface area contributed by atoms with Crippen molar-refractivity contribution in [3.8, 4) is 0 Å². The van der Waals surface area contributed by atoms with Gasteiger partial charge in [-0.25, -0.2) is 0 Å². The van der Waals surface area contributed by atoms with E-state index >= 15 is 0 Å². The van der Waals surface area contributed by atoms with Crippen LogP contribution < -0.4 is 0 Å². The first-order valence-electron chi connectivity index (χ1n) is 23.1. The van der Waals surface area contributed by atoms with Crippen molar-refractivity contribution in [1.29, 1.82) is 0 Å². The van der Waals surface area contributed by atoms with E-state index in [1.54, 1.807) is 0 Å². The van der Waals surface area contributed by atoms with E-state index in [4.69, 9.17) is 0 Å². The van der Waals surface area contributed by atoms with Crippen LogP contribution in [-0.4, -0.2) is 30.7 Å². The van der Waals surface area contributed by atoms with Gasteiger partial charge >= 0.3 is 0 Å². The van der Waals surface area contributed by atoms with Gasteiger partial charge in [0.2, 0.25) is 0 Å². The molecule has 0 saturated carbocycles. The van der Waals surface area contributed by atoms with Crippen LogP contribution in [0.1, 0.15) is 272 Å². The third kappa shape index (κ3) is 35.6. The molecule has 0 aliphatic heterocycles. The summed E-state index contributed by atoms with van der Waals surface area (Å²) in [6.45, 7) is 15.3. The zero-order chi connectivity index (χ0) is 34.2. The number of nitrogens with zero attached hydrogens (tertiary/aromatic N) is 1. The van der Waals surface area contributed by atoms with Crippen LogP contribution in [0.25, 0.3) is 0 Å². The van der Waals surface area contributed by atoms with Crippen LogP contribution in [0.3, 0.4) is 0 Å². The maximum atomic E-state index is 2.36. The van der Waals surface area contributed by atoms with E-state index in [1.807, 2.05) is 0 Å². The molecule has 0 unspecified atom stereocenters. The minimum Gasteiger partial charge on any atom is -0.324 e. The van der Waals surface area contributed by atoms with Crippen molar-refractivity contribution in [1.82, 2.24) is 0 Å². The van der Waals surface area contributed by atoms with Gasteiger partial charge in [-0.3, -0.25) is 0 Å². The van der Waals surface area contributed by atoms with E-state index in [-0.39, 0.29) is 0 Å². The Labute approximate surface area is 301 Å². The molecule has 1 nitrogen and oxygen atoms in total. The molecule has 0 aliphatic rings. The highest BCUT2D eigenvalue weighted by atomic mass is 15.3. The lowest BCUT2D eigenvalue weighted by Gasteiger charge is -2.40. The van der Waals surface area contributed by atoms with Gasteiger partial charge in [-0.15, -0.1) is 0 Å². The third-order valence-corrected chi connectivity index (χ3v) is 11.4. The minimum absolute atomic E-state index is 1.37. The monoisotopic (exact) mass is 663 g/mol. The van der Waals surface area contributed by atoms with Crippen LogP contribution in [-0.2, 0) is 0 Å². The fraction of sp³-hybridized carbons (Fsp3) is 1.00. The second kappa shape index (κ2) is 40.4. The first-order chi connectivity index (χ1) is 23.2. The molecule has 0 aromatic rings. The number of rotatable bonds is 42. The van der Waals surface area contributed by atoms with Gasteiger partial charge in [0.25, 0.3) is 0 Å². The molecule has 0 rings (SSSR count). The van der Waals surface area contributed by atoms with Crippen LogP contribution in [0, 0.1) is 0 Å². The molecule has 0 atom stereocenters. The van der Waals surface area contributed by atoms with Crippen molar-refractivity contribution in [3.05, 3.63) is 0 Å². The predicted octanol–water partition coefficient (Wildman–Crippen LogP) is 16.7. The van der Waals surface area contributed by atoms with Gasteiger partial charge in [0.05, 0.1) is 26.2 Å². The number of quaternary nitrogens is 1. The molecule has 0 saturated heterocycles. The van der Waals surface area contributed by atoms with Crippen LogP contribution in [0.15, 0.2) is 0 Å². The van der Waals surface area contributed by atoms with E-state index < -0.39 is 0 Å². The zero-order valence-corrected chi connectivity index (χ0v) is 34.1. The summed E-state index contributed by atoms with van der Waals surface area (Å²) < 4.78 is 1.48. The van der Waals surface area contributed by atoms with Crippen LogP contribution >= 0.6 is 0 Å². The first-order valence-corrected chi connectivity index (χ1v) is 23.1. The molecule has 0 aromatic carbocycles. The molecule has 0 aliphatic carbocycles. The maximum Gasteiger partial charge on any atom is 0.0786 e. The van der Waals surface area contributed by atoms with Crippen molar-refractivity contribution in [3.63, 3.8) is 0 Å². The van der Waals surface area contributed by atoms with Crippen LogP contribution in [0.5, 0.6) is 0 Å². The molecule has 0 fully saturated rings. The van der Waals surface area contributed by atoms with Gasteiger partial charge in [0.15, 0.2) is 0 Å². The third-order valence-electron chi connectivity index (χ3n) is 11.4. The lowest BCUT2D eigenvalue weighted by atomic mass is 10.0. The van der Waals surface area contributed by atoms with E-state index in [1.165, 1.54) is 275 Å². The normalized spacial score (nSPS) is 12.0. The van der Waals surface area contributed by atoms with Crippen LogP contribution in [0.2, 0.25) is 0 Å². The summed E-state index contributed by atoms with van der Waals surface area (Å²) >= 11 is 0. The second-order valence-electron chi connectivity index (χ2n) is 16.3. The zero-order valence-electron chi connectivity index (χ0n) is 34.1. The Morgan fingerprint density at radius 1 is 0.170 bits per heavy atom. The maximum absolute atomic E-state index is 2.36. The van der Waals surface area contributed by atoms with Gasteiger partial charge in [-0.1, -0.05) is 220 Å². The molecule has 0 amide bonds. The van der Waals surface area contributed by atoms with Crippen molar-refractivity contribution in [2.75, 3.05) is 26.2 Å². The van der Waals surface area contributed by atoms with Gasteiger partial charge in [0, 0.05) is 0 Å². The molecule has 47 heavy (non-hydrogen) atoms. The number of hydrogen-bond donors (Lipinski definition) is 0. The van der Waals surface area contributed by atoms with Crippen LogP contribution in [0.4, 0.5) is 0 Å². The fourth-order valence-corrected chi connectivity index (χ4v) is 8.06. The van der Waals surface area contributed by atoms with E-state index in [2.05, 4.69) is 27.7 Å². The van der Waals surface area contributed by atoms with Gasteiger partial charge in [-0.05, 0) is 51.4 Å². The van der Waals surface area contributed by atoms with Crippen molar-refractivity contribution in [2.45, 2.75) is 272 Å². The van der Waals surface area contributed by atoms with E-state index in [9.17, 15) is 0 Å². The van der Waals surface area contributed by atoms with Gasteiger partial charge in [0.1, 0.15) is 0 Å². The first kappa shape index (κ1) is 47.0. The highest BCUT2D eigenvalue weighted by Crippen LogP contribution is 2.21. The van der Waals surface area contributed by atoms with Crippen molar-refractivity contribution >= 4 is 0 Å². The predicted molar refractivity (Wildman–Crippen MR) is 218 cm³/mol. The highest BCUT2D eigenvalue weighted by Gasteiger charge is 2.25. The summed E-state index contributed by atoms with van der Waals surface area (Å²) in [5.41, 5.74) is 0. The van der Waals surface area contributed by atoms with E-state index in [0.29, 0.717) is 0 Å². The molecule has 0 heterocycles. The molecule has 1 heteroatoms. The molecular formula is C46H96N+. The van der Waals surface area contributed by atoms with Gasteiger partial charge < -0.3 is 4.48 Å². The summed E-state index contributed by atoms with van der Waals surface area (Å²) in [6, 6.07) is 0. The Morgan fingerprint density at radius 3 is 0.447 bits per heavy atom. The second-order valence-corrected chi connectivity index (χ2v) is 16.3. The molecule has 0 radical (unpaired) electrons. The summed E-state index contributed by atoms with van der Waals surface area (Å²) in [5.74, 6) is 0.